The highest BCUT2D eigenvalue weighted by atomic mass is 19.3. The lowest BCUT2D eigenvalue weighted by atomic mass is 10.1. The molecule has 0 aromatic carbocycles. The minimum absolute atomic E-state index is 0.0691. The molecule has 0 radical (unpaired) electrons. The Morgan fingerprint density at radius 3 is 2.56 bits per heavy atom. The molecule has 1 aromatic rings. The van der Waals surface area contributed by atoms with Crippen molar-refractivity contribution in [2.45, 2.75) is 37.6 Å². The number of nitrogens with one attached hydrogen (secondary N) is 1. The van der Waals surface area contributed by atoms with Crippen molar-refractivity contribution in [1.82, 2.24) is 10.3 Å². The third-order valence-electron chi connectivity index (χ3n) is 5.10. The van der Waals surface area contributed by atoms with Gasteiger partial charge in [0.05, 0.1) is 19.7 Å². The van der Waals surface area contributed by atoms with E-state index in [-0.39, 0.29) is 17.5 Å². The maximum absolute atomic E-state index is 13.2. The minimum Gasteiger partial charge on any atom is -0.476 e. The molecule has 2 heterocycles. The van der Waals surface area contributed by atoms with Crippen molar-refractivity contribution >= 4 is 17.5 Å². The van der Waals surface area contributed by atoms with Gasteiger partial charge in [-0.15, -0.1) is 0 Å². The molecular weight excluding hydrogens is 358 g/mol. The zero-order valence-electron chi connectivity index (χ0n) is 14.8. The number of hydrogen-bond donors (Lipinski definition) is 2. The van der Waals surface area contributed by atoms with Crippen LogP contribution in [0.5, 0.6) is 5.88 Å². The quantitative estimate of drug-likeness (QED) is 0.709. The van der Waals surface area contributed by atoms with Gasteiger partial charge in [-0.1, -0.05) is 0 Å². The van der Waals surface area contributed by atoms with E-state index in [0.29, 0.717) is 18.2 Å². The first kappa shape index (κ1) is 17.9. The van der Waals surface area contributed by atoms with Crippen molar-refractivity contribution in [2.75, 3.05) is 24.6 Å². The molecule has 1 saturated heterocycles. The molecule has 0 spiro atoms. The topological polar surface area (TPSA) is 97.5 Å². The Morgan fingerprint density at radius 1 is 1.30 bits per heavy atom. The van der Waals surface area contributed by atoms with E-state index < -0.39 is 36.9 Å². The zero-order chi connectivity index (χ0) is 19.2. The SMILES string of the molecule is NC(=O)[C@@H](NC(=O)c1ccc(N2CC(F)(F)C2)c(OCC2CC2)n1)C1CC1. The van der Waals surface area contributed by atoms with Gasteiger partial charge in [-0.05, 0) is 49.7 Å². The highest BCUT2D eigenvalue weighted by molar-refractivity contribution is 5.96. The Balaban J connectivity index is 1.51. The molecule has 4 rings (SSSR count). The number of hydrogen-bond acceptors (Lipinski definition) is 5. The molecule has 7 nitrogen and oxygen atoms in total. The van der Waals surface area contributed by atoms with Gasteiger partial charge in [0.1, 0.15) is 17.4 Å². The molecule has 0 bridgehead atoms. The molecule has 146 valence electrons. The fraction of sp³-hybridized carbons (Fsp3) is 0.611. The second kappa shape index (κ2) is 6.61. The van der Waals surface area contributed by atoms with Crippen LogP contribution in [0.15, 0.2) is 12.1 Å². The first-order chi connectivity index (χ1) is 12.8. The highest BCUT2D eigenvalue weighted by Gasteiger charge is 2.45. The molecule has 27 heavy (non-hydrogen) atoms. The van der Waals surface area contributed by atoms with Crippen molar-refractivity contribution in [2.24, 2.45) is 17.6 Å². The van der Waals surface area contributed by atoms with Gasteiger partial charge in [-0.3, -0.25) is 9.59 Å². The van der Waals surface area contributed by atoms with Crippen molar-refractivity contribution < 1.29 is 23.1 Å². The molecule has 3 aliphatic rings. The van der Waals surface area contributed by atoms with Crippen LogP contribution in [-0.4, -0.2) is 48.5 Å². The van der Waals surface area contributed by atoms with Crippen LogP contribution in [0.1, 0.15) is 36.2 Å². The average Bonchev–Trinajstić information content (AvgIpc) is 3.48. The number of primary amides is 1. The number of rotatable bonds is 8. The molecular formula is C18H22F2N4O3. The number of alkyl halides is 2. The first-order valence-electron chi connectivity index (χ1n) is 9.19. The van der Waals surface area contributed by atoms with E-state index in [1.807, 2.05) is 0 Å². The van der Waals surface area contributed by atoms with Gasteiger partial charge < -0.3 is 20.7 Å². The summed E-state index contributed by atoms with van der Waals surface area (Å²) in [5.74, 6) is -3.13. The molecule has 1 aliphatic heterocycles. The Labute approximate surface area is 155 Å². The van der Waals surface area contributed by atoms with E-state index in [9.17, 15) is 18.4 Å². The van der Waals surface area contributed by atoms with Crippen LogP contribution in [-0.2, 0) is 4.79 Å². The Kier molecular flexibility index (Phi) is 4.39. The third-order valence-corrected chi connectivity index (χ3v) is 5.10. The van der Waals surface area contributed by atoms with Gasteiger partial charge in [0.15, 0.2) is 0 Å². The standard InChI is InChI=1S/C18H22F2N4O3/c19-18(20)8-24(9-18)13-6-5-12(22-17(13)27-7-10-1-2-10)16(26)23-14(15(21)25)11-3-4-11/h5-6,10-11,14H,1-4,7-9H2,(H2,21,25)(H,23,26)/t14-/m0/s1. The summed E-state index contributed by atoms with van der Waals surface area (Å²) >= 11 is 0. The number of aromatic nitrogens is 1. The third kappa shape index (κ3) is 4.12. The monoisotopic (exact) mass is 380 g/mol. The molecule has 3 N–H and O–H groups in total. The molecule has 1 atom stereocenters. The van der Waals surface area contributed by atoms with Crippen molar-refractivity contribution in [3.63, 3.8) is 0 Å². The van der Waals surface area contributed by atoms with E-state index in [4.69, 9.17) is 10.5 Å². The van der Waals surface area contributed by atoms with Crippen LogP contribution in [0.25, 0.3) is 0 Å². The van der Waals surface area contributed by atoms with Crippen LogP contribution < -0.4 is 20.7 Å². The Hall–Kier alpha value is -2.45. The second-order valence-corrected chi connectivity index (χ2v) is 7.68. The number of pyridine rings is 1. The Morgan fingerprint density at radius 2 is 2.00 bits per heavy atom. The zero-order valence-corrected chi connectivity index (χ0v) is 14.8. The molecule has 0 unspecified atom stereocenters. The lowest BCUT2D eigenvalue weighted by Gasteiger charge is -2.40. The van der Waals surface area contributed by atoms with E-state index in [1.165, 1.54) is 11.0 Å². The smallest absolute Gasteiger partial charge is 0.282 e. The highest BCUT2D eigenvalue weighted by Crippen LogP contribution is 2.38. The number of ether oxygens (including phenoxy) is 1. The van der Waals surface area contributed by atoms with E-state index in [0.717, 1.165) is 25.7 Å². The number of carbonyl (C=O) groups is 2. The molecule has 2 amide bonds. The predicted molar refractivity (Wildman–Crippen MR) is 92.8 cm³/mol. The fourth-order valence-corrected chi connectivity index (χ4v) is 3.14. The normalized spacial score (nSPS) is 21.9. The summed E-state index contributed by atoms with van der Waals surface area (Å²) in [6, 6.07) is 2.30. The number of nitrogens with two attached hydrogens (primary N) is 1. The van der Waals surface area contributed by atoms with Gasteiger partial charge in [-0.2, -0.15) is 0 Å². The van der Waals surface area contributed by atoms with Crippen LogP contribution >= 0.6 is 0 Å². The maximum Gasteiger partial charge on any atom is 0.282 e. The van der Waals surface area contributed by atoms with Crippen molar-refractivity contribution in [1.29, 1.82) is 0 Å². The van der Waals surface area contributed by atoms with Crippen molar-refractivity contribution in [3.8, 4) is 5.88 Å². The van der Waals surface area contributed by atoms with Gasteiger partial charge >= 0.3 is 0 Å². The van der Waals surface area contributed by atoms with Gasteiger partial charge in [0.2, 0.25) is 11.8 Å². The van der Waals surface area contributed by atoms with E-state index in [2.05, 4.69) is 10.3 Å². The molecule has 2 aliphatic carbocycles. The molecule has 2 saturated carbocycles. The molecule has 1 aromatic heterocycles. The second-order valence-electron chi connectivity index (χ2n) is 7.68. The number of nitrogens with zero attached hydrogens (tertiary/aromatic N) is 2. The Bertz CT molecular complexity index is 757. The summed E-state index contributed by atoms with van der Waals surface area (Å²) in [6.45, 7) is -0.349. The lowest BCUT2D eigenvalue weighted by molar-refractivity contribution is -0.120. The summed E-state index contributed by atoms with van der Waals surface area (Å²) in [4.78, 5) is 29.7. The van der Waals surface area contributed by atoms with Crippen LogP contribution in [0.2, 0.25) is 0 Å². The molecule has 9 heteroatoms. The summed E-state index contributed by atoms with van der Waals surface area (Å²) in [5, 5.41) is 2.62. The number of anilines is 1. The lowest BCUT2D eigenvalue weighted by Crippen LogP contribution is -2.56. The van der Waals surface area contributed by atoms with Crippen LogP contribution in [0.4, 0.5) is 14.5 Å². The number of carbonyl (C=O) groups excluding carboxylic acids is 2. The summed E-state index contributed by atoms with van der Waals surface area (Å²) in [7, 11) is 0. The van der Waals surface area contributed by atoms with Crippen LogP contribution in [0.3, 0.4) is 0 Å². The average molecular weight is 380 g/mol. The van der Waals surface area contributed by atoms with Crippen LogP contribution in [0, 0.1) is 11.8 Å². The summed E-state index contributed by atoms with van der Waals surface area (Å²) < 4.78 is 32.2. The van der Waals surface area contributed by atoms with Crippen molar-refractivity contribution in [3.05, 3.63) is 17.8 Å². The maximum atomic E-state index is 13.2. The van der Waals surface area contributed by atoms with E-state index in [1.54, 1.807) is 6.07 Å². The summed E-state index contributed by atoms with van der Waals surface area (Å²) in [6.07, 6.45) is 3.83. The van der Waals surface area contributed by atoms with Gasteiger partial charge in [-0.25, -0.2) is 13.8 Å². The number of amides is 2. The summed E-state index contributed by atoms with van der Waals surface area (Å²) in [5.41, 5.74) is 5.88. The van der Waals surface area contributed by atoms with Gasteiger partial charge in [0.25, 0.3) is 11.8 Å². The van der Waals surface area contributed by atoms with Gasteiger partial charge in [0, 0.05) is 0 Å². The fourth-order valence-electron chi connectivity index (χ4n) is 3.14. The largest absolute Gasteiger partial charge is 0.476 e. The first-order valence-corrected chi connectivity index (χ1v) is 9.19. The minimum atomic E-state index is -2.72. The predicted octanol–water partition coefficient (Wildman–Crippen LogP) is 1.32. The van der Waals surface area contributed by atoms with E-state index >= 15 is 0 Å². The molecule has 3 fully saturated rings. The number of halogens is 2.